The SMILES string of the molecule is N=C(N)c1ccc(OCCO/N=C(\C(=O)N[C@H]2CN(S(=O)(=O)O)C2=O)c2csc(N)n2)c(COC=O)c1. The molecule has 1 aliphatic heterocycles. The van der Waals surface area contributed by atoms with Crippen molar-refractivity contribution in [2.75, 3.05) is 25.5 Å². The van der Waals surface area contributed by atoms with Crippen LogP contribution in [0, 0.1) is 5.41 Å². The van der Waals surface area contributed by atoms with Crippen LogP contribution in [0.15, 0.2) is 28.7 Å². The van der Waals surface area contributed by atoms with E-state index in [4.69, 9.17) is 35.7 Å². The van der Waals surface area contributed by atoms with E-state index >= 15 is 0 Å². The summed E-state index contributed by atoms with van der Waals surface area (Å²) in [4.78, 5) is 44.3. The second kappa shape index (κ2) is 11.6. The largest absolute Gasteiger partial charge is 0.490 e. The van der Waals surface area contributed by atoms with Crippen molar-refractivity contribution >= 4 is 56.6 Å². The molecule has 0 saturated carbocycles. The third-order valence-corrected chi connectivity index (χ3v) is 6.28. The Morgan fingerprint density at radius 2 is 2.16 bits per heavy atom. The van der Waals surface area contributed by atoms with Gasteiger partial charge in [-0.1, -0.05) is 5.16 Å². The summed E-state index contributed by atoms with van der Waals surface area (Å²) >= 11 is 1.02. The normalized spacial score (nSPS) is 15.5. The number of nitrogens with zero attached hydrogens (tertiary/aromatic N) is 3. The summed E-state index contributed by atoms with van der Waals surface area (Å²) < 4.78 is 41.6. The molecule has 1 fully saturated rings. The fourth-order valence-electron chi connectivity index (χ4n) is 2.96. The summed E-state index contributed by atoms with van der Waals surface area (Å²) in [7, 11) is -4.72. The predicted octanol–water partition coefficient (Wildman–Crippen LogP) is -1.39. The van der Waals surface area contributed by atoms with Crippen LogP contribution in [0.2, 0.25) is 0 Å². The Balaban J connectivity index is 1.63. The van der Waals surface area contributed by atoms with E-state index in [0.717, 1.165) is 11.3 Å². The number of amides is 2. The van der Waals surface area contributed by atoms with Gasteiger partial charge in [0.1, 0.15) is 36.5 Å². The Hall–Kier alpha value is -4.29. The fourth-order valence-corrected chi connectivity index (χ4v) is 4.20. The van der Waals surface area contributed by atoms with Gasteiger partial charge in [0.15, 0.2) is 17.5 Å². The van der Waals surface area contributed by atoms with Crippen molar-refractivity contribution in [3.63, 3.8) is 0 Å². The molecular formula is C19H21N7O9S2. The van der Waals surface area contributed by atoms with Gasteiger partial charge in [0.2, 0.25) is 0 Å². The third kappa shape index (κ3) is 6.90. The summed E-state index contributed by atoms with van der Waals surface area (Å²) in [5, 5.41) is 15.1. The van der Waals surface area contributed by atoms with Crippen LogP contribution < -0.4 is 21.5 Å². The van der Waals surface area contributed by atoms with Crippen LogP contribution in [-0.4, -0.2) is 77.9 Å². The zero-order valence-electron chi connectivity index (χ0n) is 18.8. The molecule has 1 aliphatic rings. The van der Waals surface area contributed by atoms with E-state index < -0.39 is 34.7 Å². The van der Waals surface area contributed by atoms with Crippen molar-refractivity contribution in [3.8, 4) is 5.75 Å². The number of nitrogens with two attached hydrogens (primary N) is 2. The fraction of sp³-hybridized carbons (Fsp3) is 0.263. The number of thiazole rings is 1. The maximum absolute atomic E-state index is 12.7. The topological polar surface area (TPSA) is 250 Å². The lowest BCUT2D eigenvalue weighted by Crippen LogP contribution is -2.65. The van der Waals surface area contributed by atoms with Gasteiger partial charge >= 0.3 is 10.3 Å². The van der Waals surface area contributed by atoms with E-state index in [2.05, 4.69) is 15.5 Å². The van der Waals surface area contributed by atoms with Crippen LogP contribution >= 0.6 is 11.3 Å². The number of β-lactam (4-membered cyclic amide) rings is 1. The first-order chi connectivity index (χ1) is 17.5. The van der Waals surface area contributed by atoms with Crippen molar-refractivity contribution < 1.29 is 41.7 Å². The first kappa shape index (κ1) is 27.3. The van der Waals surface area contributed by atoms with E-state index in [1.165, 1.54) is 17.5 Å². The number of nitrogen functional groups attached to an aromatic ring is 2. The molecule has 2 aromatic rings. The number of amidine groups is 1. The summed E-state index contributed by atoms with van der Waals surface area (Å²) in [5.74, 6) is -1.77. The molecule has 0 unspecified atom stereocenters. The van der Waals surface area contributed by atoms with Crippen LogP contribution in [0.4, 0.5) is 5.13 Å². The minimum atomic E-state index is -4.72. The van der Waals surface area contributed by atoms with Crippen LogP contribution in [0.25, 0.3) is 0 Å². The average Bonchev–Trinajstić information content (AvgIpc) is 3.27. The highest BCUT2D eigenvalue weighted by Gasteiger charge is 2.45. The highest BCUT2D eigenvalue weighted by atomic mass is 32.2. The predicted molar refractivity (Wildman–Crippen MR) is 128 cm³/mol. The smallest absolute Gasteiger partial charge is 0.362 e. The van der Waals surface area contributed by atoms with Crippen molar-refractivity contribution in [2.24, 2.45) is 10.9 Å². The van der Waals surface area contributed by atoms with Gasteiger partial charge in [0.05, 0.1) is 6.54 Å². The molecular weight excluding hydrogens is 534 g/mol. The van der Waals surface area contributed by atoms with Crippen molar-refractivity contribution in [1.82, 2.24) is 14.6 Å². The summed E-state index contributed by atoms with van der Waals surface area (Å²) in [6.07, 6.45) is 0. The van der Waals surface area contributed by atoms with Gasteiger partial charge in [-0.05, 0) is 18.2 Å². The summed E-state index contributed by atoms with van der Waals surface area (Å²) in [6, 6.07) is 3.40. The molecule has 0 bridgehead atoms. The molecule has 16 nitrogen and oxygen atoms in total. The van der Waals surface area contributed by atoms with Crippen molar-refractivity contribution in [2.45, 2.75) is 12.6 Å². The number of anilines is 1. The lowest BCUT2D eigenvalue weighted by atomic mass is 10.1. The molecule has 0 spiro atoms. The number of carbonyl (C=O) groups excluding carboxylic acids is 3. The van der Waals surface area contributed by atoms with Gasteiger partial charge < -0.3 is 31.1 Å². The molecule has 0 aliphatic carbocycles. The number of hydrogen-bond acceptors (Lipinski definition) is 13. The van der Waals surface area contributed by atoms with E-state index in [-0.39, 0.29) is 53.0 Å². The molecule has 2 heterocycles. The van der Waals surface area contributed by atoms with E-state index in [1.54, 1.807) is 6.07 Å². The van der Waals surface area contributed by atoms with Crippen LogP contribution in [-0.2, 0) is 40.9 Å². The maximum Gasteiger partial charge on any atom is 0.362 e. The Bertz CT molecular complexity index is 1340. The minimum Gasteiger partial charge on any atom is -0.490 e. The van der Waals surface area contributed by atoms with Crippen LogP contribution in [0.5, 0.6) is 5.75 Å². The van der Waals surface area contributed by atoms with E-state index in [1.807, 2.05) is 0 Å². The number of benzene rings is 1. The van der Waals surface area contributed by atoms with E-state index in [0.29, 0.717) is 16.9 Å². The number of nitrogens with one attached hydrogen (secondary N) is 2. The number of rotatable bonds is 13. The molecule has 198 valence electrons. The highest BCUT2D eigenvalue weighted by Crippen LogP contribution is 2.21. The molecule has 7 N–H and O–H groups in total. The molecule has 18 heteroatoms. The molecule has 3 rings (SSSR count). The summed E-state index contributed by atoms with van der Waals surface area (Å²) in [6.45, 7) is -0.531. The Kier molecular flexibility index (Phi) is 8.58. The standard InChI is InChI=1S/C19H21N7O9S2/c20-16(21)10-1-2-14(11(5-10)7-33-9-27)34-3-4-35-25-15(13-8-36-19(22)24-13)17(28)23-12-6-26(18(12)29)37(30,31)32/h1-2,5,8-9,12H,3-4,6-7H2,(H3,20,21)(H2,22,24)(H,23,28)(H,30,31,32)/b25-15-/t12-/m0/s1. The Morgan fingerprint density at radius 1 is 1.41 bits per heavy atom. The summed E-state index contributed by atoms with van der Waals surface area (Å²) in [5.41, 5.74) is 11.7. The Labute approximate surface area is 213 Å². The second-order valence-electron chi connectivity index (χ2n) is 7.21. The van der Waals surface area contributed by atoms with Gasteiger partial charge in [-0.15, -0.1) is 11.3 Å². The van der Waals surface area contributed by atoms with Gasteiger partial charge in [0, 0.05) is 16.5 Å². The first-order valence-electron chi connectivity index (χ1n) is 10.2. The van der Waals surface area contributed by atoms with Gasteiger partial charge in [-0.2, -0.15) is 8.42 Å². The van der Waals surface area contributed by atoms with Crippen molar-refractivity contribution in [3.05, 3.63) is 40.4 Å². The Morgan fingerprint density at radius 3 is 2.76 bits per heavy atom. The third-order valence-electron chi connectivity index (χ3n) is 4.72. The van der Waals surface area contributed by atoms with Gasteiger partial charge in [-0.3, -0.25) is 24.3 Å². The molecule has 37 heavy (non-hydrogen) atoms. The second-order valence-corrected chi connectivity index (χ2v) is 9.44. The van der Waals surface area contributed by atoms with E-state index in [9.17, 15) is 22.8 Å². The average molecular weight is 556 g/mol. The lowest BCUT2D eigenvalue weighted by Gasteiger charge is -2.35. The number of aromatic nitrogens is 1. The number of oxime groups is 1. The van der Waals surface area contributed by atoms with Crippen LogP contribution in [0.3, 0.4) is 0 Å². The molecule has 1 atom stereocenters. The molecule has 1 aromatic carbocycles. The zero-order valence-corrected chi connectivity index (χ0v) is 20.5. The first-order valence-corrected chi connectivity index (χ1v) is 12.5. The van der Waals surface area contributed by atoms with Gasteiger partial charge in [-0.25, -0.2) is 9.29 Å². The zero-order chi connectivity index (χ0) is 27.2. The van der Waals surface area contributed by atoms with Gasteiger partial charge in [0.25, 0.3) is 18.3 Å². The lowest BCUT2D eigenvalue weighted by molar-refractivity contribution is -0.139. The van der Waals surface area contributed by atoms with Crippen LogP contribution in [0.1, 0.15) is 16.8 Å². The molecule has 0 radical (unpaired) electrons. The quantitative estimate of drug-likeness (QED) is 0.0364. The molecule has 1 aromatic heterocycles. The monoisotopic (exact) mass is 555 g/mol. The number of hydrogen-bond donors (Lipinski definition) is 5. The minimum absolute atomic E-state index is 0.0486. The van der Waals surface area contributed by atoms with Crippen molar-refractivity contribution in [1.29, 1.82) is 5.41 Å². The highest BCUT2D eigenvalue weighted by molar-refractivity contribution is 7.84. The number of ether oxygens (including phenoxy) is 2. The molecule has 2 amide bonds. The maximum atomic E-state index is 12.7. The number of carbonyl (C=O) groups is 3. The molecule has 1 saturated heterocycles.